The van der Waals surface area contributed by atoms with Gasteiger partial charge in [0.15, 0.2) is 0 Å². The molecule has 0 saturated heterocycles. The smallest absolute Gasteiger partial charge is 0.0685 e. The van der Waals surface area contributed by atoms with Gasteiger partial charge in [0.1, 0.15) is 0 Å². The van der Waals surface area contributed by atoms with E-state index in [0.29, 0.717) is 6.04 Å². The second kappa shape index (κ2) is 11.3. The van der Waals surface area contributed by atoms with Gasteiger partial charge in [0.2, 0.25) is 0 Å². The van der Waals surface area contributed by atoms with Crippen LogP contribution in [0.5, 0.6) is 0 Å². The lowest BCUT2D eigenvalue weighted by molar-refractivity contribution is 0.396. The van der Waals surface area contributed by atoms with E-state index in [-0.39, 0.29) is 0 Å². The Morgan fingerprint density at radius 2 is 1.57 bits per heavy atom. The molecule has 0 fully saturated rings. The molecular formula is C27H37N3. The molecule has 0 amide bonds. The molecule has 0 radical (unpaired) electrons. The minimum atomic E-state index is 0.417. The molecule has 3 rings (SSSR count). The molecule has 1 aliphatic rings. The normalized spacial score (nSPS) is 15.1. The number of fused-ring (bicyclic) bond motifs is 2. The third-order valence-electron chi connectivity index (χ3n) is 5.45. The van der Waals surface area contributed by atoms with Crippen molar-refractivity contribution >= 4 is 17.1 Å². The highest BCUT2D eigenvalue weighted by Gasteiger charge is 2.24. The van der Waals surface area contributed by atoms with Crippen LogP contribution in [0.2, 0.25) is 0 Å². The first-order chi connectivity index (χ1) is 14.5. The van der Waals surface area contributed by atoms with Gasteiger partial charge in [0, 0.05) is 50.5 Å². The van der Waals surface area contributed by atoms with Crippen LogP contribution in [0.3, 0.4) is 0 Å². The van der Waals surface area contributed by atoms with Crippen molar-refractivity contribution in [2.24, 2.45) is 0 Å². The van der Waals surface area contributed by atoms with E-state index in [1.807, 2.05) is 19.2 Å². The Morgan fingerprint density at radius 3 is 2.13 bits per heavy atom. The molecule has 0 saturated carbocycles. The third kappa shape index (κ3) is 5.35. The Balaban J connectivity index is 0.000000469. The molecule has 160 valence electrons. The number of allylic oxidation sites excluding steroid dienone is 2. The molecule has 2 aromatic carbocycles. The van der Waals surface area contributed by atoms with Crippen LogP contribution >= 0.6 is 0 Å². The fourth-order valence-corrected chi connectivity index (χ4v) is 3.62. The van der Waals surface area contributed by atoms with Gasteiger partial charge < -0.3 is 15.1 Å². The highest BCUT2D eigenvalue weighted by atomic mass is 15.2. The zero-order chi connectivity index (χ0) is 22.1. The van der Waals surface area contributed by atoms with Gasteiger partial charge in [-0.05, 0) is 38.3 Å². The highest BCUT2D eigenvalue weighted by Crippen LogP contribution is 2.37. The van der Waals surface area contributed by atoms with E-state index in [2.05, 4.69) is 105 Å². The summed E-state index contributed by atoms with van der Waals surface area (Å²) in [4.78, 5) is 4.70. The van der Waals surface area contributed by atoms with Crippen LogP contribution in [0.4, 0.5) is 5.69 Å². The molecule has 0 unspecified atom stereocenters. The van der Waals surface area contributed by atoms with Crippen LogP contribution < -0.4 is 10.2 Å². The number of anilines is 1. The number of para-hydroxylation sites is 1. The molecule has 2 aromatic rings. The van der Waals surface area contributed by atoms with Crippen molar-refractivity contribution in [3.8, 4) is 0 Å². The minimum Gasteiger partial charge on any atom is -0.386 e. The van der Waals surface area contributed by atoms with E-state index in [4.69, 9.17) is 0 Å². The average Bonchev–Trinajstić information content (AvgIpc) is 2.75. The van der Waals surface area contributed by atoms with Crippen LogP contribution in [0.15, 0.2) is 73.8 Å². The second-order valence-corrected chi connectivity index (χ2v) is 7.86. The van der Waals surface area contributed by atoms with Gasteiger partial charge in [0.25, 0.3) is 0 Å². The van der Waals surface area contributed by atoms with Crippen molar-refractivity contribution in [1.29, 1.82) is 0 Å². The van der Waals surface area contributed by atoms with E-state index in [1.54, 1.807) is 0 Å². The van der Waals surface area contributed by atoms with Crippen molar-refractivity contribution in [3.05, 3.63) is 90.5 Å². The number of nitrogens with zero attached hydrogens (tertiary/aromatic N) is 2. The second-order valence-electron chi connectivity index (χ2n) is 7.86. The van der Waals surface area contributed by atoms with Gasteiger partial charge in [-0.2, -0.15) is 0 Å². The van der Waals surface area contributed by atoms with Crippen LogP contribution in [-0.4, -0.2) is 32.1 Å². The summed E-state index contributed by atoms with van der Waals surface area (Å²) in [5.41, 5.74) is 7.61. The Kier molecular flexibility index (Phi) is 8.79. The fraction of sp³-hybridized carbons (Fsp3) is 0.333. The van der Waals surface area contributed by atoms with E-state index >= 15 is 0 Å². The number of rotatable bonds is 6. The number of nitrogens with one attached hydrogen (secondary N) is 1. The Bertz CT molecular complexity index is 871. The maximum atomic E-state index is 3.55. The Hall–Kier alpha value is -2.94. The third-order valence-corrected chi connectivity index (χ3v) is 5.45. The first-order valence-corrected chi connectivity index (χ1v) is 10.7. The predicted molar refractivity (Wildman–Crippen MR) is 133 cm³/mol. The fourth-order valence-electron chi connectivity index (χ4n) is 3.62. The van der Waals surface area contributed by atoms with Crippen molar-refractivity contribution in [2.45, 2.75) is 39.3 Å². The van der Waals surface area contributed by atoms with Crippen LogP contribution in [0, 0.1) is 0 Å². The lowest BCUT2D eigenvalue weighted by Crippen LogP contribution is -2.31. The summed E-state index contributed by atoms with van der Waals surface area (Å²) < 4.78 is 0. The molecule has 0 aliphatic carbocycles. The largest absolute Gasteiger partial charge is 0.386 e. The maximum absolute atomic E-state index is 3.55. The summed E-state index contributed by atoms with van der Waals surface area (Å²) in [6, 6.07) is 17.8. The lowest BCUT2D eigenvalue weighted by Gasteiger charge is -2.35. The first kappa shape index (κ1) is 23.3. The highest BCUT2D eigenvalue weighted by molar-refractivity contribution is 5.94. The van der Waals surface area contributed by atoms with Crippen LogP contribution in [0.1, 0.15) is 43.4 Å². The van der Waals surface area contributed by atoms with E-state index in [9.17, 15) is 0 Å². The summed E-state index contributed by atoms with van der Waals surface area (Å²) in [6.07, 6.45) is 5.90. The Labute approximate surface area is 183 Å². The zero-order valence-electron chi connectivity index (χ0n) is 19.3. The number of hydrogen-bond acceptors (Lipinski definition) is 3. The Morgan fingerprint density at radius 1 is 1.00 bits per heavy atom. The molecule has 0 spiro atoms. The van der Waals surface area contributed by atoms with Crippen LogP contribution in [-0.2, 0) is 6.54 Å². The van der Waals surface area contributed by atoms with Crippen LogP contribution in [0.25, 0.3) is 11.4 Å². The van der Waals surface area contributed by atoms with Gasteiger partial charge in [-0.1, -0.05) is 54.6 Å². The summed E-state index contributed by atoms with van der Waals surface area (Å²) in [6.45, 7) is 12.5. The van der Waals surface area contributed by atoms with Crippen molar-refractivity contribution in [1.82, 2.24) is 10.2 Å². The molecule has 3 heteroatoms. The topological polar surface area (TPSA) is 18.5 Å². The zero-order valence-corrected chi connectivity index (χ0v) is 19.3. The van der Waals surface area contributed by atoms with E-state index < -0.39 is 0 Å². The van der Waals surface area contributed by atoms with Gasteiger partial charge >= 0.3 is 0 Å². The average molecular weight is 404 g/mol. The van der Waals surface area contributed by atoms with Crippen molar-refractivity contribution in [2.75, 3.05) is 26.0 Å². The predicted octanol–water partition coefficient (Wildman–Crippen LogP) is 6.16. The lowest BCUT2D eigenvalue weighted by atomic mass is 9.95. The first-order valence-electron chi connectivity index (χ1n) is 10.7. The van der Waals surface area contributed by atoms with Gasteiger partial charge in [-0.15, -0.1) is 13.2 Å². The number of unbranched alkanes of at least 4 members (excludes halogenated alkanes) is 1. The van der Waals surface area contributed by atoms with Crippen molar-refractivity contribution < 1.29 is 0 Å². The SMILES string of the molecule is C=CCCC=C.CN/C1=C(\N(C)C(C)C)c2ccccc2CN(C)c2ccccc21. The molecule has 1 N–H and O–H groups in total. The molecule has 30 heavy (non-hydrogen) atoms. The summed E-state index contributed by atoms with van der Waals surface area (Å²) in [7, 11) is 6.37. The molecule has 0 aromatic heterocycles. The van der Waals surface area contributed by atoms with E-state index in [0.717, 1.165) is 19.4 Å². The summed E-state index contributed by atoms with van der Waals surface area (Å²) in [5, 5.41) is 3.49. The molecule has 0 atom stereocenters. The minimum absolute atomic E-state index is 0.417. The molecule has 1 heterocycles. The molecule has 0 bridgehead atoms. The van der Waals surface area contributed by atoms with Crippen molar-refractivity contribution in [3.63, 3.8) is 0 Å². The monoisotopic (exact) mass is 403 g/mol. The summed E-state index contributed by atoms with van der Waals surface area (Å²) >= 11 is 0. The molecular weight excluding hydrogens is 366 g/mol. The van der Waals surface area contributed by atoms with Gasteiger partial charge in [-0.3, -0.25) is 0 Å². The number of benzene rings is 2. The molecule has 3 nitrogen and oxygen atoms in total. The summed E-state index contributed by atoms with van der Waals surface area (Å²) in [5.74, 6) is 0. The maximum Gasteiger partial charge on any atom is 0.0685 e. The van der Waals surface area contributed by atoms with Gasteiger partial charge in [0.05, 0.1) is 11.4 Å². The van der Waals surface area contributed by atoms with Gasteiger partial charge in [-0.25, -0.2) is 0 Å². The molecule has 1 aliphatic heterocycles. The standard InChI is InChI=1S/C21H27N3.C6H10/c1-15(2)24(5)21-17-11-7-6-10-16(17)14-23(4)19-13-9-8-12-18(19)20(21)22-3;1-3-5-6-4-2/h6-13,15,22H,14H2,1-5H3;3-4H,1-2,5-6H2/b21-20-;. The quantitative estimate of drug-likeness (QED) is 0.460. The number of hydrogen-bond donors (Lipinski definition) is 1. The van der Waals surface area contributed by atoms with E-state index in [1.165, 1.54) is 33.8 Å².